The second-order valence-electron chi connectivity index (χ2n) is 4.23. The molecular weight excluding hydrogens is 194 g/mol. The number of aryl methyl sites for hydroxylation is 1. The zero-order valence-corrected chi connectivity index (χ0v) is 9.22. The Morgan fingerprint density at radius 2 is 2.14 bits per heavy atom. The monoisotopic (exact) mass is 209 g/mol. The van der Waals surface area contributed by atoms with E-state index in [9.17, 15) is 0 Å². The van der Waals surface area contributed by atoms with Gasteiger partial charge in [0.2, 0.25) is 0 Å². The molecule has 0 aliphatic heterocycles. The second kappa shape index (κ2) is 3.92. The van der Waals surface area contributed by atoms with Gasteiger partial charge in [-0.15, -0.1) is 0 Å². The Labute approximate surface area is 90.3 Å². The molecule has 76 valence electrons. The van der Waals surface area contributed by atoms with Crippen molar-refractivity contribution in [2.75, 3.05) is 0 Å². The molecule has 1 aromatic rings. The molecule has 0 heterocycles. The summed E-state index contributed by atoms with van der Waals surface area (Å²) in [6, 6.07) is 6.35. The van der Waals surface area contributed by atoms with Crippen LogP contribution >= 0.6 is 11.6 Å². The Kier molecular flexibility index (Phi) is 2.80. The average molecular weight is 210 g/mol. The summed E-state index contributed by atoms with van der Waals surface area (Å²) in [6.07, 6.45) is 3.87. The number of halogens is 1. The van der Waals surface area contributed by atoms with Crippen molar-refractivity contribution in [3.8, 4) is 0 Å². The highest BCUT2D eigenvalue weighted by Crippen LogP contribution is 2.36. The van der Waals surface area contributed by atoms with Gasteiger partial charge in [0, 0.05) is 11.1 Å². The highest BCUT2D eigenvalue weighted by molar-refractivity contribution is 6.31. The third-order valence-corrected chi connectivity index (χ3v) is 3.65. The lowest BCUT2D eigenvalue weighted by Crippen LogP contribution is -2.26. The first-order valence-corrected chi connectivity index (χ1v) is 5.58. The van der Waals surface area contributed by atoms with Crippen molar-refractivity contribution in [3.63, 3.8) is 0 Å². The fourth-order valence-electron chi connectivity index (χ4n) is 1.89. The standard InChI is InChI=1S/C12H16ClN/c1-8-5-6-10(7-11(8)13)12(14)9-3-2-4-9/h5-7,9,12H,2-4,14H2,1H3. The van der Waals surface area contributed by atoms with Crippen molar-refractivity contribution in [1.82, 2.24) is 0 Å². The fraction of sp³-hybridized carbons (Fsp3) is 0.500. The average Bonchev–Trinajstić information content (AvgIpc) is 2.06. The zero-order chi connectivity index (χ0) is 10.1. The Morgan fingerprint density at radius 1 is 1.43 bits per heavy atom. The second-order valence-corrected chi connectivity index (χ2v) is 4.63. The summed E-state index contributed by atoms with van der Waals surface area (Å²) in [5, 5.41) is 0.831. The van der Waals surface area contributed by atoms with Crippen LogP contribution in [0.25, 0.3) is 0 Å². The van der Waals surface area contributed by atoms with Crippen LogP contribution in [-0.2, 0) is 0 Å². The van der Waals surface area contributed by atoms with Crippen LogP contribution in [0.15, 0.2) is 18.2 Å². The first-order chi connectivity index (χ1) is 6.68. The highest BCUT2D eigenvalue weighted by Gasteiger charge is 2.25. The zero-order valence-electron chi connectivity index (χ0n) is 8.46. The van der Waals surface area contributed by atoms with Gasteiger partial charge in [-0.25, -0.2) is 0 Å². The van der Waals surface area contributed by atoms with Gasteiger partial charge in [0.05, 0.1) is 0 Å². The normalized spacial score (nSPS) is 19.1. The Bertz CT molecular complexity index is 331. The molecule has 0 saturated heterocycles. The lowest BCUT2D eigenvalue weighted by atomic mass is 9.77. The number of hydrogen-bond acceptors (Lipinski definition) is 1. The van der Waals surface area contributed by atoms with E-state index in [0.29, 0.717) is 5.92 Å². The molecule has 0 bridgehead atoms. The Morgan fingerprint density at radius 3 is 2.64 bits per heavy atom. The molecule has 2 heteroatoms. The van der Waals surface area contributed by atoms with Gasteiger partial charge in [-0.1, -0.05) is 30.2 Å². The minimum Gasteiger partial charge on any atom is -0.324 e. The summed E-state index contributed by atoms with van der Waals surface area (Å²) < 4.78 is 0. The predicted octanol–water partition coefficient (Wildman–Crippen LogP) is 3.45. The number of rotatable bonds is 2. The SMILES string of the molecule is Cc1ccc(C(N)C2CCC2)cc1Cl. The van der Waals surface area contributed by atoms with Crippen molar-refractivity contribution in [2.24, 2.45) is 11.7 Å². The van der Waals surface area contributed by atoms with Gasteiger partial charge >= 0.3 is 0 Å². The molecule has 1 aliphatic rings. The first kappa shape index (κ1) is 10.0. The van der Waals surface area contributed by atoms with E-state index in [4.69, 9.17) is 17.3 Å². The molecule has 1 aliphatic carbocycles. The van der Waals surface area contributed by atoms with E-state index in [0.717, 1.165) is 10.6 Å². The van der Waals surface area contributed by atoms with Gasteiger partial charge in [-0.2, -0.15) is 0 Å². The maximum atomic E-state index is 6.16. The molecule has 1 nitrogen and oxygen atoms in total. The summed E-state index contributed by atoms with van der Waals surface area (Å²) in [7, 11) is 0. The van der Waals surface area contributed by atoms with E-state index in [1.807, 2.05) is 13.0 Å². The van der Waals surface area contributed by atoms with Crippen molar-refractivity contribution in [1.29, 1.82) is 0 Å². The van der Waals surface area contributed by atoms with Crippen LogP contribution in [0, 0.1) is 12.8 Å². The van der Waals surface area contributed by atoms with E-state index in [1.165, 1.54) is 24.8 Å². The van der Waals surface area contributed by atoms with Crippen LogP contribution in [0.1, 0.15) is 36.4 Å². The molecule has 1 saturated carbocycles. The molecule has 2 rings (SSSR count). The Balaban J connectivity index is 2.18. The maximum absolute atomic E-state index is 6.16. The maximum Gasteiger partial charge on any atom is 0.0438 e. The molecule has 2 N–H and O–H groups in total. The third kappa shape index (κ3) is 1.79. The van der Waals surface area contributed by atoms with Crippen molar-refractivity contribution < 1.29 is 0 Å². The topological polar surface area (TPSA) is 26.0 Å². The minimum absolute atomic E-state index is 0.182. The van der Waals surface area contributed by atoms with Gasteiger partial charge in [0.25, 0.3) is 0 Å². The van der Waals surface area contributed by atoms with Crippen LogP contribution in [0.4, 0.5) is 0 Å². The summed E-state index contributed by atoms with van der Waals surface area (Å²) in [4.78, 5) is 0. The van der Waals surface area contributed by atoms with Gasteiger partial charge in [0.15, 0.2) is 0 Å². The molecule has 1 aromatic carbocycles. The highest BCUT2D eigenvalue weighted by atomic mass is 35.5. The van der Waals surface area contributed by atoms with E-state index < -0.39 is 0 Å². The van der Waals surface area contributed by atoms with Gasteiger partial charge < -0.3 is 5.73 Å². The lowest BCUT2D eigenvalue weighted by molar-refractivity contribution is 0.264. The molecule has 14 heavy (non-hydrogen) atoms. The quantitative estimate of drug-likeness (QED) is 0.794. The van der Waals surface area contributed by atoms with E-state index in [1.54, 1.807) is 0 Å². The first-order valence-electron chi connectivity index (χ1n) is 5.20. The van der Waals surface area contributed by atoms with Gasteiger partial charge in [-0.05, 0) is 42.9 Å². The molecule has 0 spiro atoms. The van der Waals surface area contributed by atoms with E-state index in [-0.39, 0.29) is 6.04 Å². The molecule has 0 amide bonds. The summed E-state index contributed by atoms with van der Waals surface area (Å²) in [5.41, 5.74) is 8.47. The fourth-order valence-corrected chi connectivity index (χ4v) is 2.08. The smallest absolute Gasteiger partial charge is 0.0438 e. The van der Waals surface area contributed by atoms with Crippen LogP contribution < -0.4 is 5.73 Å². The van der Waals surface area contributed by atoms with Crippen molar-refractivity contribution in [3.05, 3.63) is 34.3 Å². The minimum atomic E-state index is 0.182. The van der Waals surface area contributed by atoms with Crippen LogP contribution in [0.3, 0.4) is 0 Å². The largest absolute Gasteiger partial charge is 0.324 e. The molecule has 0 aromatic heterocycles. The van der Waals surface area contributed by atoms with Crippen molar-refractivity contribution >= 4 is 11.6 Å². The van der Waals surface area contributed by atoms with Crippen LogP contribution in [0.2, 0.25) is 5.02 Å². The molecule has 1 fully saturated rings. The van der Waals surface area contributed by atoms with E-state index in [2.05, 4.69) is 12.1 Å². The molecule has 0 radical (unpaired) electrons. The van der Waals surface area contributed by atoms with E-state index >= 15 is 0 Å². The third-order valence-electron chi connectivity index (χ3n) is 3.24. The number of nitrogens with two attached hydrogens (primary N) is 1. The predicted molar refractivity (Wildman–Crippen MR) is 60.5 cm³/mol. The lowest BCUT2D eigenvalue weighted by Gasteiger charge is -2.31. The van der Waals surface area contributed by atoms with Crippen molar-refractivity contribution in [2.45, 2.75) is 32.2 Å². The summed E-state index contributed by atoms with van der Waals surface area (Å²) in [5.74, 6) is 0.675. The molecule has 1 atom stereocenters. The van der Waals surface area contributed by atoms with Crippen LogP contribution in [0.5, 0.6) is 0 Å². The van der Waals surface area contributed by atoms with Gasteiger partial charge in [0.1, 0.15) is 0 Å². The summed E-state index contributed by atoms with van der Waals surface area (Å²) in [6.45, 7) is 2.01. The summed E-state index contributed by atoms with van der Waals surface area (Å²) >= 11 is 6.07. The molecule has 1 unspecified atom stereocenters. The number of hydrogen-bond donors (Lipinski definition) is 1. The van der Waals surface area contributed by atoms with Gasteiger partial charge in [-0.3, -0.25) is 0 Å². The number of benzene rings is 1. The Hall–Kier alpha value is -0.530. The van der Waals surface area contributed by atoms with Crippen LogP contribution in [-0.4, -0.2) is 0 Å². The molecular formula is C12H16ClN.